The van der Waals surface area contributed by atoms with Crippen molar-refractivity contribution < 1.29 is 4.39 Å². The fourth-order valence-electron chi connectivity index (χ4n) is 2.50. The van der Waals surface area contributed by atoms with Gasteiger partial charge in [-0.05, 0) is 41.1 Å². The molecule has 2 nitrogen and oxygen atoms in total. The van der Waals surface area contributed by atoms with Crippen LogP contribution in [0, 0.1) is 12.7 Å². The van der Waals surface area contributed by atoms with Crippen molar-refractivity contribution >= 4 is 10.8 Å². The molecule has 0 spiro atoms. The smallest absolute Gasteiger partial charge is 0.123 e. The summed E-state index contributed by atoms with van der Waals surface area (Å²) in [6.07, 6.45) is 3.57. The number of hydrogen-bond donors (Lipinski definition) is 1. The minimum Gasteiger partial charge on any atom is -0.320 e. The molecule has 0 bridgehead atoms. The lowest BCUT2D eigenvalue weighted by atomic mass is 9.93. The highest BCUT2D eigenvalue weighted by Crippen LogP contribution is 2.28. The van der Waals surface area contributed by atoms with Crippen LogP contribution in [-0.4, -0.2) is 4.98 Å². The van der Waals surface area contributed by atoms with Gasteiger partial charge in [0, 0.05) is 17.8 Å². The molecule has 3 rings (SSSR count). The molecule has 0 aliphatic heterocycles. The van der Waals surface area contributed by atoms with Crippen LogP contribution in [0.2, 0.25) is 0 Å². The van der Waals surface area contributed by atoms with Gasteiger partial charge in [-0.25, -0.2) is 4.39 Å². The van der Waals surface area contributed by atoms with Gasteiger partial charge in [0.25, 0.3) is 0 Å². The topological polar surface area (TPSA) is 38.9 Å². The lowest BCUT2D eigenvalue weighted by Gasteiger charge is -2.17. The summed E-state index contributed by atoms with van der Waals surface area (Å²) in [5.41, 5.74) is 9.03. The Morgan fingerprint density at radius 2 is 1.85 bits per heavy atom. The van der Waals surface area contributed by atoms with Crippen LogP contribution in [0.4, 0.5) is 4.39 Å². The summed E-state index contributed by atoms with van der Waals surface area (Å²) < 4.78 is 13.5. The maximum atomic E-state index is 13.5. The van der Waals surface area contributed by atoms with E-state index in [9.17, 15) is 4.39 Å². The van der Waals surface area contributed by atoms with Crippen LogP contribution in [0.5, 0.6) is 0 Å². The summed E-state index contributed by atoms with van der Waals surface area (Å²) in [5.74, 6) is -0.269. The fourth-order valence-corrected chi connectivity index (χ4v) is 2.50. The fraction of sp³-hybridized carbons (Fsp3) is 0.118. The summed E-state index contributed by atoms with van der Waals surface area (Å²) in [6, 6.07) is 12.3. The van der Waals surface area contributed by atoms with Crippen molar-refractivity contribution in [3.8, 4) is 0 Å². The Labute approximate surface area is 117 Å². The van der Waals surface area contributed by atoms with Gasteiger partial charge >= 0.3 is 0 Å². The molecule has 0 aliphatic rings. The van der Waals surface area contributed by atoms with Gasteiger partial charge in [-0.15, -0.1) is 0 Å². The molecule has 1 heterocycles. The quantitative estimate of drug-likeness (QED) is 0.767. The molecule has 0 radical (unpaired) electrons. The minimum absolute atomic E-state index is 0.269. The van der Waals surface area contributed by atoms with Gasteiger partial charge in [0.2, 0.25) is 0 Å². The van der Waals surface area contributed by atoms with Gasteiger partial charge in [-0.2, -0.15) is 0 Å². The number of benzene rings is 2. The van der Waals surface area contributed by atoms with Gasteiger partial charge in [0.1, 0.15) is 5.82 Å². The number of fused-ring (bicyclic) bond motifs is 1. The molecule has 2 aromatic carbocycles. The van der Waals surface area contributed by atoms with Crippen LogP contribution in [0.1, 0.15) is 22.7 Å². The number of nitrogens with zero attached hydrogens (tertiary/aromatic N) is 1. The molecule has 0 amide bonds. The van der Waals surface area contributed by atoms with E-state index in [1.165, 1.54) is 12.1 Å². The highest BCUT2D eigenvalue weighted by molar-refractivity contribution is 5.85. The Kier molecular flexibility index (Phi) is 3.20. The van der Waals surface area contributed by atoms with Crippen molar-refractivity contribution in [2.24, 2.45) is 5.73 Å². The first-order valence-corrected chi connectivity index (χ1v) is 6.51. The van der Waals surface area contributed by atoms with Crippen LogP contribution in [0.25, 0.3) is 10.8 Å². The molecular weight excluding hydrogens is 251 g/mol. The second-order valence-electron chi connectivity index (χ2n) is 4.93. The molecule has 1 aromatic heterocycles. The highest BCUT2D eigenvalue weighted by Gasteiger charge is 2.15. The molecule has 1 atom stereocenters. The Morgan fingerprint density at radius 1 is 1.05 bits per heavy atom. The molecule has 3 aromatic rings. The van der Waals surface area contributed by atoms with Crippen LogP contribution in [-0.2, 0) is 0 Å². The normalized spacial score (nSPS) is 12.6. The molecule has 1 unspecified atom stereocenters. The summed E-state index contributed by atoms with van der Waals surface area (Å²) in [5, 5.41) is 2.09. The Morgan fingerprint density at radius 3 is 2.70 bits per heavy atom. The summed E-state index contributed by atoms with van der Waals surface area (Å²) in [4.78, 5) is 4.24. The second kappa shape index (κ2) is 5.02. The zero-order valence-corrected chi connectivity index (χ0v) is 11.2. The third kappa shape index (κ3) is 2.17. The molecule has 0 aliphatic carbocycles. The van der Waals surface area contributed by atoms with E-state index >= 15 is 0 Å². The molecule has 20 heavy (non-hydrogen) atoms. The zero-order chi connectivity index (χ0) is 14.1. The number of aromatic nitrogens is 1. The maximum absolute atomic E-state index is 13.5. The van der Waals surface area contributed by atoms with Gasteiger partial charge in [0.15, 0.2) is 0 Å². The van der Waals surface area contributed by atoms with Crippen molar-refractivity contribution in [3.63, 3.8) is 0 Å². The van der Waals surface area contributed by atoms with Gasteiger partial charge in [0.05, 0.1) is 6.04 Å². The maximum Gasteiger partial charge on any atom is 0.123 e. The number of aryl methyl sites for hydroxylation is 1. The van der Waals surface area contributed by atoms with Crippen LogP contribution in [0.15, 0.2) is 54.9 Å². The largest absolute Gasteiger partial charge is 0.320 e. The summed E-state index contributed by atoms with van der Waals surface area (Å²) in [6.45, 7) is 1.94. The first-order chi connectivity index (χ1) is 9.66. The zero-order valence-electron chi connectivity index (χ0n) is 11.2. The average Bonchev–Trinajstić information content (AvgIpc) is 2.48. The lowest BCUT2D eigenvalue weighted by molar-refractivity contribution is 0.623. The van der Waals surface area contributed by atoms with E-state index in [-0.39, 0.29) is 11.9 Å². The molecule has 2 N–H and O–H groups in total. The average molecular weight is 266 g/mol. The molecule has 0 saturated carbocycles. The van der Waals surface area contributed by atoms with Crippen molar-refractivity contribution in [2.75, 3.05) is 0 Å². The number of hydrogen-bond acceptors (Lipinski definition) is 2. The van der Waals surface area contributed by atoms with E-state index in [4.69, 9.17) is 5.73 Å². The van der Waals surface area contributed by atoms with Crippen molar-refractivity contribution in [1.29, 1.82) is 0 Å². The van der Waals surface area contributed by atoms with Crippen LogP contribution >= 0.6 is 0 Å². The Balaban J connectivity index is 2.17. The highest BCUT2D eigenvalue weighted by atomic mass is 19.1. The number of halogens is 1. The van der Waals surface area contributed by atoms with Gasteiger partial charge in [-0.3, -0.25) is 4.98 Å². The predicted molar refractivity (Wildman–Crippen MR) is 78.9 cm³/mol. The molecule has 0 fully saturated rings. The standard InChI is InChI=1S/C17H15FN2/c1-11-6-7-13(18)8-15(11)17(19)16-10-20-9-12-4-2-3-5-14(12)16/h2-10,17H,19H2,1H3. The van der Waals surface area contributed by atoms with E-state index in [0.717, 1.165) is 27.5 Å². The number of nitrogens with two attached hydrogens (primary N) is 1. The number of rotatable bonds is 2. The van der Waals surface area contributed by atoms with E-state index < -0.39 is 0 Å². The third-order valence-corrected chi connectivity index (χ3v) is 3.61. The molecule has 0 saturated heterocycles. The Hall–Kier alpha value is -2.26. The molecular formula is C17H15FN2. The summed E-state index contributed by atoms with van der Waals surface area (Å²) >= 11 is 0. The van der Waals surface area contributed by atoms with E-state index in [1.54, 1.807) is 12.3 Å². The lowest BCUT2D eigenvalue weighted by Crippen LogP contribution is -2.14. The molecule has 100 valence electrons. The molecule has 3 heteroatoms. The summed E-state index contributed by atoms with van der Waals surface area (Å²) in [7, 11) is 0. The van der Waals surface area contributed by atoms with E-state index in [1.807, 2.05) is 37.4 Å². The number of pyridine rings is 1. The van der Waals surface area contributed by atoms with Crippen molar-refractivity contribution in [1.82, 2.24) is 4.98 Å². The van der Waals surface area contributed by atoms with Gasteiger partial charge < -0.3 is 5.73 Å². The minimum atomic E-state index is -0.385. The van der Waals surface area contributed by atoms with Gasteiger partial charge in [-0.1, -0.05) is 30.3 Å². The van der Waals surface area contributed by atoms with Crippen molar-refractivity contribution in [3.05, 3.63) is 77.4 Å². The van der Waals surface area contributed by atoms with Crippen LogP contribution in [0.3, 0.4) is 0 Å². The van der Waals surface area contributed by atoms with Crippen LogP contribution < -0.4 is 5.73 Å². The first kappa shape index (κ1) is 12.8. The Bertz CT molecular complexity index is 763. The monoisotopic (exact) mass is 266 g/mol. The van der Waals surface area contributed by atoms with E-state index in [2.05, 4.69) is 4.98 Å². The third-order valence-electron chi connectivity index (χ3n) is 3.61. The van der Waals surface area contributed by atoms with Crippen molar-refractivity contribution in [2.45, 2.75) is 13.0 Å². The van der Waals surface area contributed by atoms with E-state index in [0.29, 0.717) is 0 Å². The SMILES string of the molecule is Cc1ccc(F)cc1C(N)c1cncc2ccccc12. The second-order valence-corrected chi connectivity index (χ2v) is 4.93. The predicted octanol–water partition coefficient (Wildman–Crippen LogP) is 3.73. The first-order valence-electron chi connectivity index (χ1n) is 6.51.